The van der Waals surface area contributed by atoms with Gasteiger partial charge in [-0.3, -0.25) is 14.5 Å². The first-order valence-corrected chi connectivity index (χ1v) is 11.2. The Hall–Kier alpha value is -2.83. The minimum absolute atomic E-state index is 0.243. The van der Waals surface area contributed by atoms with Crippen molar-refractivity contribution in [3.05, 3.63) is 64.3 Å². The number of anilines is 1. The van der Waals surface area contributed by atoms with Crippen molar-refractivity contribution >= 4 is 34.7 Å². The summed E-state index contributed by atoms with van der Waals surface area (Å²) >= 11 is 6.24. The molecule has 0 unspecified atom stereocenters. The van der Waals surface area contributed by atoms with Crippen LogP contribution in [0.4, 0.5) is 5.69 Å². The molecule has 170 valence electrons. The van der Waals surface area contributed by atoms with Crippen LogP contribution in [0.5, 0.6) is 5.75 Å². The van der Waals surface area contributed by atoms with Crippen molar-refractivity contribution in [2.24, 2.45) is 0 Å². The molecule has 0 atom stereocenters. The van der Waals surface area contributed by atoms with E-state index in [-0.39, 0.29) is 17.5 Å². The summed E-state index contributed by atoms with van der Waals surface area (Å²) in [5, 5.41) is 3.53. The number of nitrogens with zero attached hydrogens (tertiary/aromatic N) is 1. The predicted molar refractivity (Wildman–Crippen MR) is 127 cm³/mol. The highest BCUT2D eigenvalue weighted by Gasteiger charge is 2.38. The molecule has 0 aromatic heterocycles. The van der Waals surface area contributed by atoms with Crippen LogP contribution in [-0.2, 0) is 14.3 Å². The molecule has 0 bridgehead atoms. The van der Waals surface area contributed by atoms with Gasteiger partial charge in [0.2, 0.25) is 0 Å². The third-order valence-electron chi connectivity index (χ3n) is 5.24. The van der Waals surface area contributed by atoms with Crippen LogP contribution in [0, 0.1) is 6.92 Å². The summed E-state index contributed by atoms with van der Waals surface area (Å²) in [6.45, 7) is 5.58. The van der Waals surface area contributed by atoms with Crippen LogP contribution in [-0.4, -0.2) is 43.6 Å². The van der Waals surface area contributed by atoms with Crippen LogP contribution in [0.15, 0.2) is 48.2 Å². The van der Waals surface area contributed by atoms with E-state index in [0.717, 1.165) is 18.4 Å². The van der Waals surface area contributed by atoms with Gasteiger partial charge in [0.15, 0.2) is 0 Å². The fraction of sp³-hybridized carbons (Fsp3) is 0.360. The van der Waals surface area contributed by atoms with Crippen molar-refractivity contribution in [2.45, 2.75) is 33.1 Å². The maximum absolute atomic E-state index is 13.3. The number of nitrogens with one attached hydrogen (secondary N) is 1. The van der Waals surface area contributed by atoms with Crippen molar-refractivity contribution in [1.29, 1.82) is 0 Å². The second-order valence-electron chi connectivity index (χ2n) is 7.67. The summed E-state index contributed by atoms with van der Waals surface area (Å²) in [5.74, 6) is -0.135. The number of benzene rings is 2. The van der Waals surface area contributed by atoms with Crippen molar-refractivity contribution in [3.8, 4) is 5.75 Å². The normalized spacial score (nSPS) is 13.8. The number of halogens is 1. The number of hydrogen-bond acceptors (Lipinski definition) is 5. The predicted octanol–water partition coefficient (Wildman–Crippen LogP) is 5.06. The van der Waals surface area contributed by atoms with E-state index in [4.69, 9.17) is 21.1 Å². The van der Waals surface area contributed by atoms with Crippen molar-refractivity contribution in [3.63, 3.8) is 0 Å². The van der Waals surface area contributed by atoms with E-state index >= 15 is 0 Å². The molecule has 0 saturated carbocycles. The minimum Gasteiger partial charge on any atom is -0.495 e. The molecule has 0 fully saturated rings. The number of methoxy groups -OCH3 is 1. The van der Waals surface area contributed by atoms with Gasteiger partial charge in [-0.15, -0.1) is 0 Å². The first kappa shape index (κ1) is 23.8. The molecule has 1 aliphatic heterocycles. The molecule has 1 N–H and O–H groups in total. The molecule has 1 aliphatic rings. The quantitative estimate of drug-likeness (QED) is 0.378. The topological polar surface area (TPSA) is 67.9 Å². The second-order valence-corrected chi connectivity index (χ2v) is 8.08. The lowest BCUT2D eigenvalue weighted by atomic mass is 10.0. The van der Waals surface area contributed by atoms with Gasteiger partial charge >= 0.3 is 0 Å². The van der Waals surface area contributed by atoms with E-state index in [9.17, 15) is 9.59 Å². The zero-order chi connectivity index (χ0) is 23.1. The number of amides is 2. The van der Waals surface area contributed by atoms with Gasteiger partial charge < -0.3 is 14.8 Å². The number of rotatable bonds is 11. The van der Waals surface area contributed by atoms with E-state index in [1.54, 1.807) is 18.2 Å². The molecule has 2 aromatic rings. The molecule has 0 aliphatic carbocycles. The van der Waals surface area contributed by atoms with Crippen molar-refractivity contribution in [2.75, 3.05) is 32.2 Å². The van der Waals surface area contributed by atoms with Crippen molar-refractivity contribution < 1.29 is 19.1 Å². The highest BCUT2D eigenvalue weighted by molar-refractivity contribution is 6.36. The molecular weight excluding hydrogens is 428 g/mol. The van der Waals surface area contributed by atoms with Gasteiger partial charge in [0.1, 0.15) is 11.4 Å². The molecule has 7 heteroatoms. The average Bonchev–Trinajstić information content (AvgIpc) is 3.01. The molecule has 6 nitrogen and oxygen atoms in total. The lowest BCUT2D eigenvalue weighted by Crippen LogP contribution is -2.34. The summed E-state index contributed by atoms with van der Waals surface area (Å²) in [6.07, 6.45) is 2.65. The summed E-state index contributed by atoms with van der Waals surface area (Å²) < 4.78 is 10.8. The standard InChI is InChI=1S/C25H29ClN2O4/c1-4-5-14-32-15-6-13-28-24(29)22(18-9-7-17(2)8-10-18)23(25(28)30)27-19-11-12-21(31-3)20(26)16-19/h7-12,16,27H,4-6,13-15H2,1-3H3. The van der Waals surface area contributed by atoms with E-state index in [2.05, 4.69) is 12.2 Å². The monoisotopic (exact) mass is 456 g/mol. The van der Waals surface area contributed by atoms with Crippen LogP contribution in [0.25, 0.3) is 5.57 Å². The number of aryl methyl sites for hydroxylation is 1. The Morgan fingerprint density at radius 3 is 2.38 bits per heavy atom. The van der Waals surface area contributed by atoms with Crippen LogP contribution in [0.2, 0.25) is 5.02 Å². The fourth-order valence-electron chi connectivity index (χ4n) is 3.44. The first-order valence-electron chi connectivity index (χ1n) is 10.8. The maximum atomic E-state index is 13.3. The zero-order valence-corrected chi connectivity index (χ0v) is 19.5. The van der Waals surface area contributed by atoms with Gasteiger partial charge in [0.05, 0.1) is 17.7 Å². The number of imide groups is 1. The molecule has 3 rings (SSSR count). The summed E-state index contributed by atoms with van der Waals surface area (Å²) in [7, 11) is 1.54. The van der Waals surface area contributed by atoms with Gasteiger partial charge in [0.25, 0.3) is 11.8 Å². The SMILES string of the molecule is CCCCOCCCN1C(=O)C(Nc2ccc(OC)c(Cl)c2)=C(c2ccc(C)cc2)C1=O. The highest BCUT2D eigenvalue weighted by Crippen LogP contribution is 2.33. The average molecular weight is 457 g/mol. The molecule has 1 heterocycles. The lowest BCUT2D eigenvalue weighted by molar-refractivity contribution is -0.137. The Balaban J connectivity index is 1.84. The molecular formula is C25H29ClN2O4. The summed E-state index contributed by atoms with van der Waals surface area (Å²) in [5.41, 5.74) is 2.96. The smallest absolute Gasteiger partial charge is 0.278 e. The molecule has 0 saturated heterocycles. The maximum Gasteiger partial charge on any atom is 0.278 e. The molecule has 0 spiro atoms. The van der Waals surface area contributed by atoms with Gasteiger partial charge in [-0.2, -0.15) is 0 Å². The first-order chi connectivity index (χ1) is 15.5. The van der Waals surface area contributed by atoms with E-state index in [1.807, 2.05) is 31.2 Å². The third-order valence-corrected chi connectivity index (χ3v) is 5.54. The summed E-state index contributed by atoms with van der Waals surface area (Å²) in [4.78, 5) is 27.8. The Kier molecular flexibility index (Phi) is 8.31. The van der Waals surface area contributed by atoms with E-state index in [1.165, 1.54) is 12.0 Å². The fourth-order valence-corrected chi connectivity index (χ4v) is 3.70. The van der Waals surface area contributed by atoms with Crippen molar-refractivity contribution in [1.82, 2.24) is 4.90 Å². The van der Waals surface area contributed by atoms with E-state index in [0.29, 0.717) is 53.8 Å². The summed E-state index contributed by atoms with van der Waals surface area (Å²) in [6, 6.07) is 12.7. The van der Waals surface area contributed by atoms with Gasteiger partial charge in [-0.05, 0) is 43.5 Å². The van der Waals surface area contributed by atoms with Crippen LogP contribution in [0.1, 0.15) is 37.3 Å². The van der Waals surface area contributed by atoms with Crippen LogP contribution < -0.4 is 10.1 Å². The molecule has 2 aromatic carbocycles. The number of carbonyl (C=O) groups excluding carboxylic acids is 2. The Bertz CT molecular complexity index is 1000. The molecule has 0 radical (unpaired) electrons. The Labute approximate surface area is 194 Å². The van der Waals surface area contributed by atoms with Gasteiger partial charge in [-0.25, -0.2) is 0 Å². The second kappa shape index (κ2) is 11.2. The van der Waals surface area contributed by atoms with Crippen LogP contribution in [0.3, 0.4) is 0 Å². The largest absolute Gasteiger partial charge is 0.495 e. The molecule has 32 heavy (non-hydrogen) atoms. The van der Waals surface area contributed by atoms with E-state index < -0.39 is 0 Å². The number of unbranched alkanes of at least 4 members (excludes halogenated alkanes) is 1. The lowest BCUT2D eigenvalue weighted by Gasteiger charge is -2.15. The number of carbonyl (C=O) groups is 2. The third kappa shape index (κ3) is 5.50. The Morgan fingerprint density at radius 1 is 1.00 bits per heavy atom. The Morgan fingerprint density at radius 2 is 1.72 bits per heavy atom. The van der Waals surface area contributed by atoms with Gasteiger partial charge in [-0.1, -0.05) is 54.8 Å². The number of hydrogen-bond donors (Lipinski definition) is 1. The zero-order valence-electron chi connectivity index (χ0n) is 18.7. The highest BCUT2D eigenvalue weighted by atomic mass is 35.5. The minimum atomic E-state index is -0.355. The number of ether oxygens (including phenoxy) is 2. The van der Waals surface area contributed by atoms with Gasteiger partial charge in [0, 0.05) is 25.4 Å². The van der Waals surface area contributed by atoms with Crippen LogP contribution >= 0.6 is 11.6 Å². The molecule has 2 amide bonds.